The maximum Gasteiger partial charge on any atom is 0.231 e. The predicted molar refractivity (Wildman–Crippen MR) is 83.1 cm³/mol. The minimum absolute atomic E-state index is 0.0490. The van der Waals surface area contributed by atoms with Crippen LogP contribution in [0.1, 0.15) is 19.8 Å². The summed E-state index contributed by atoms with van der Waals surface area (Å²) in [6, 6.07) is 7.58. The van der Waals surface area contributed by atoms with E-state index in [9.17, 15) is 4.79 Å². The van der Waals surface area contributed by atoms with Crippen molar-refractivity contribution in [1.82, 2.24) is 25.5 Å². The van der Waals surface area contributed by atoms with E-state index in [1.807, 2.05) is 31.2 Å². The largest absolute Gasteiger partial charge is 0.326 e. The van der Waals surface area contributed by atoms with Gasteiger partial charge >= 0.3 is 0 Å². The second-order valence-electron chi connectivity index (χ2n) is 6.00. The molecule has 0 saturated carbocycles. The first kappa shape index (κ1) is 14.6. The Morgan fingerprint density at radius 2 is 2.32 bits per heavy atom. The third-order valence-corrected chi connectivity index (χ3v) is 4.14. The first-order valence-electron chi connectivity index (χ1n) is 7.43. The van der Waals surface area contributed by atoms with Crippen LogP contribution in [0.5, 0.6) is 0 Å². The molecule has 2 N–H and O–H groups in total. The average Bonchev–Trinajstić information content (AvgIpc) is 2.94. The summed E-state index contributed by atoms with van der Waals surface area (Å²) in [6.07, 6.45) is 1.92. The van der Waals surface area contributed by atoms with Crippen LogP contribution in [0, 0.1) is 5.41 Å². The second kappa shape index (κ2) is 5.84. The number of hydrogen-bond acceptors (Lipinski definition) is 5. The van der Waals surface area contributed by atoms with Crippen LogP contribution in [0.25, 0.3) is 11.4 Å². The van der Waals surface area contributed by atoms with Gasteiger partial charge in [-0.2, -0.15) is 0 Å². The SMILES string of the molecule is Cn1nnnc1-c1cccc(NC(=O)C2(C)CCCNC2)c1. The van der Waals surface area contributed by atoms with E-state index in [4.69, 9.17) is 0 Å². The Bertz CT molecular complexity index is 674. The van der Waals surface area contributed by atoms with Gasteiger partial charge in [0, 0.05) is 24.8 Å². The molecular formula is C15H20N6O. The fourth-order valence-electron chi connectivity index (χ4n) is 2.74. The number of aryl methyl sites for hydroxylation is 1. The minimum Gasteiger partial charge on any atom is -0.326 e. The van der Waals surface area contributed by atoms with E-state index in [0.717, 1.165) is 30.6 Å². The van der Waals surface area contributed by atoms with E-state index in [-0.39, 0.29) is 11.3 Å². The summed E-state index contributed by atoms with van der Waals surface area (Å²) >= 11 is 0. The Balaban J connectivity index is 1.78. The third-order valence-electron chi connectivity index (χ3n) is 4.14. The number of carbonyl (C=O) groups is 1. The molecule has 7 nitrogen and oxygen atoms in total. The lowest BCUT2D eigenvalue weighted by molar-refractivity contribution is -0.125. The highest BCUT2D eigenvalue weighted by molar-refractivity contribution is 5.95. The number of hydrogen-bond donors (Lipinski definition) is 2. The first-order chi connectivity index (χ1) is 10.6. The maximum absolute atomic E-state index is 12.6. The van der Waals surface area contributed by atoms with Gasteiger partial charge < -0.3 is 10.6 Å². The molecule has 1 aromatic heterocycles. The molecule has 116 valence electrons. The molecule has 1 aliphatic rings. The van der Waals surface area contributed by atoms with Gasteiger partial charge in [0.25, 0.3) is 0 Å². The third kappa shape index (κ3) is 2.85. The van der Waals surface area contributed by atoms with Crippen molar-refractivity contribution < 1.29 is 4.79 Å². The highest BCUT2D eigenvalue weighted by Crippen LogP contribution is 2.28. The van der Waals surface area contributed by atoms with E-state index in [2.05, 4.69) is 26.2 Å². The van der Waals surface area contributed by atoms with Gasteiger partial charge in [0.2, 0.25) is 5.91 Å². The standard InChI is InChI=1S/C15H20N6O/c1-15(7-4-8-16-10-15)14(22)17-12-6-3-5-11(9-12)13-18-19-20-21(13)2/h3,5-6,9,16H,4,7-8,10H2,1-2H3,(H,17,22). The van der Waals surface area contributed by atoms with Crippen molar-refractivity contribution in [2.45, 2.75) is 19.8 Å². The number of piperidine rings is 1. The molecule has 1 saturated heterocycles. The zero-order valence-electron chi connectivity index (χ0n) is 12.8. The lowest BCUT2D eigenvalue weighted by Gasteiger charge is -2.32. The van der Waals surface area contributed by atoms with Crippen LogP contribution in [0.4, 0.5) is 5.69 Å². The summed E-state index contributed by atoms with van der Waals surface area (Å²) in [7, 11) is 1.79. The molecule has 1 aliphatic heterocycles. The molecule has 0 radical (unpaired) electrons. The van der Waals surface area contributed by atoms with E-state index in [0.29, 0.717) is 12.4 Å². The smallest absolute Gasteiger partial charge is 0.231 e. The molecule has 0 spiro atoms. The van der Waals surface area contributed by atoms with Crippen molar-refractivity contribution in [3.63, 3.8) is 0 Å². The van der Waals surface area contributed by atoms with Crippen LogP contribution in [-0.2, 0) is 11.8 Å². The van der Waals surface area contributed by atoms with E-state index < -0.39 is 0 Å². The van der Waals surface area contributed by atoms with Gasteiger partial charge in [-0.25, -0.2) is 4.68 Å². The zero-order chi connectivity index (χ0) is 15.6. The molecule has 22 heavy (non-hydrogen) atoms. The van der Waals surface area contributed by atoms with Crippen molar-refractivity contribution in [3.8, 4) is 11.4 Å². The summed E-state index contributed by atoms with van der Waals surface area (Å²) in [5.41, 5.74) is 1.27. The highest BCUT2D eigenvalue weighted by atomic mass is 16.2. The molecule has 1 unspecified atom stereocenters. The number of rotatable bonds is 3. The molecule has 1 amide bonds. The summed E-state index contributed by atoms with van der Waals surface area (Å²) in [5, 5.41) is 17.8. The fraction of sp³-hybridized carbons (Fsp3) is 0.467. The predicted octanol–water partition coefficient (Wildman–Crippen LogP) is 1.21. The Morgan fingerprint density at radius 3 is 3.00 bits per heavy atom. The topological polar surface area (TPSA) is 84.7 Å². The number of tetrazole rings is 1. The number of nitrogens with zero attached hydrogens (tertiary/aromatic N) is 4. The van der Waals surface area contributed by atoms with Crippen LogP contribution in [-0.4, -0.2) is 39.2 Å². The number of anilines is 1. The summed E-state index contributed by atoms with van der Waals surface area (Å²) < 4.78 is 1.60. The summed E-state index contributed by atoms with van der Waals surface area (Å²) in [5.74, 6) is 0.717. The summed E-state index contributed by atoms with van der Waals surface area (Å²) in [4.78, 5) is 12.6. The molecule has 2 aromatic rings. The Kier molecular flexibility index (Phi) is 3.89. The molecule has 3 rings (SSSR count). The molecular weight excluding hydrogens is 280 g/mol. The van der Waals surface area contributed by atoms with Gasteiger partial charge in [-0.05, 0) is 48.9 Å². The zero-order valence-corrected chi connectivity index (χ0v) is 12.8. The molecule has 7 heteroatoms. The second-order valence-corrected chi connectivity index (χ2v) is 6.00. The summed E-state index contributed by atoms with van der Waals surface area (Å²) in [6.45, 7) is 3.70. The van der Waals surface area contributed by atoms with Gasteiger partial charge in [0.15, 0.2) is 5.82 Å². The molecule has 2 heterocycles. The normalized spacial score (nSPS) is 21.5. The molecule has 0 aliphatic carbocycles. The van der Waals surface area contributed by atoms with Crippen LogP contribution >= 0.6 is 0 Å². The quantitative estimate of drug-likeness (QED) is 0.890. The molecule has 0 bridgehead atoms. The van der Waals surface area contributed by atoms with E-state index in [1.165, 1.54) is 0 Å². The van der Waals surface area contributed by atoms with Gasteiger partial charge in [-0.3, -0.25) is 4.79 Å². The van der Waals surface area contributed by atoms with E-state index in [1.54, 1.807) is 11.7 Å². The molecule has 1 atom stereocenters. The van der Waals surface area contributed by atoms with Gasteiger partial charge in [0.1, 0.15) is 0 Å². The van der Waals surface area contributed by atoms with Gasteiger partial charge in [0.05, 0.1) is 5.41 Å². The Labute approximate surface area is 129 Å². The monoisotopic (exact) mass is 300 g/mol. The van der Waals surface area contributed by atoms with Gasteiger partial charge in [-0.1, -0.05) is 12.1 Å². The average molecular weight is 300 g/mol. The van der Waals surface area contributed by atoms with Crippen molar-refractivity contribution in [1.29, 1.82) is 0 Å². The Morgan fingerprint density at radius 1 is 1.45 bits per heavy atom. The first-order valence-corrected chi connectivity index (χ1v) is 7.43. The number of nitrogens with one attached hydrogen (secondary N) is 2. The van der Waals surface area contributed by atoms with Crippen LogP contribution in [0.3, 0.4) is 0 Å². The van der Waals surface area contributed by atoms with Crippen molar-refractivity contribution in [2.75, 3.05) is 18.4 Å². The van der Waals surface area contributed by atoms with Crippen molar-refractivity contribution in [3.05, 3.63) is 24.3 Å². The van der Waals surface area contributed by atoms with Crippen molar-refractivity contribution >= 4 is 11.6 Å². The lowest BCUT2D eigenvalue weighted by atomic mass is 9.82. The number of benzene rings is 1. The number of aromatic nitrogens is 4. The van der Waals surface area contributed by atoms with Crippen molar-refractivity contribution in [2.24, 2.45) is 12.5 Å². The maximum atomic E-state index is 12.6. The number of carbonyl (C=O) groups excluding carboxylic acids is 1. The number of amides is 1. The lowest BCUT2D eigenvalue weighted by Crippen LogP contribution is -2.46. The fourth-order valence-corrected chi connectivity index (χ4v) is 2.74. The van der Waals surface area contributed by atoms with Gasteiger partial charge in [-0.15, -0.1) is 5.10 Å². The molecule has 1 aromatic carbocycles. The highest BCUT2D eigenvalue weighted by Gasteiger charge is 2.34. The van der Waals surface area contributed by atoms with Crippen LogP contribution < -0.4 is 10.6 Å². The molecule has 1 fully saturated rings. The van der Waals surface area contributed by atoms with Crippen LogP contribution in [0.2, 0.25) is 0 Å². The Hall–Kier alpha value is -2.28. The van der Waals surface area contributed by atoms with E-state index >= 15 is 0 Å². The van der Waals surface area contributed by atoms with Crippen LogP contribution in [0.15, 0.2) is 24.3 Å². The minimum atomic E-state index is -0.361.